The van der Waals surface area contributed by atoms with E-state index in [0.717, 1.165) is 16.0 Å². The molecule has 0 radical (unpaired) electrons. The minimum atomic E-state index is -3.35. The van der Waals surface area contributed by atoms with Crippen LogP contribution in [0.15, 0.2) is 61.1 Å². The Morgan fingerprint density at radius 2 is 1.92 bits per heavy atom. The van der Waals surface area contributed by atoms with Crippen molar-refractivity contribution in [2.24, 2.45) is 0 Å². The minimum absolute atomic E-state index is 0.0547. The summed E-state index contributed by atoms with van der Waals surface area (Å²) in [6.07, 6.45) is 4.70. The molecule has 39 heavy (non-hydrogen) atoms. The first kappa shape index (κ1) is 26.3. The van der Waals surface area contributed by atoms with Crippen molar-refractivity contribution in [3.63, 3.8) is 0 Å². The first-order valence-electron chi connectivity index (χ1n) is 12.6. The number of carbonyl (C=O) groups is 2. The van der Waals surface area contributed by atoms with Gasteiger partial charge in [-0.2, -0.15) is 13.9 Å². The summed E-state index contributed by atoms with van der Waals surface area (Å²) in [5.74, 6) is -3.66. The summed E-state index contributed by atoms with van der Waals surface area (Å²) in [5, 5.41) is 7.77. The number of halogens is 2. The maximum atomic E-state index is 13.8. The molecule has 2 aromatic carbocycles. The first-order chi connectivity index (χ1) is 18.4. The summed E-state index contributed by atoms with van der Waals surface area (Å²) < 4.78 is 35.6. The highest BCUT2D eigenvalue weighted by Crippen LogP contribution is 2.37. The molecule has 0 bridgehead atoms. The van der Waals surface area contributed by atoms with Crippen LogP contribution in [0, 0.1) is 6.92 Å². The van der Waals surface area contributed by atoms with Gasteiger partial charge in [0.15, 0.2) is 0 Å². The van der Waals surface area contributed by atoms with Crippen LogP contribution in [-0.4, -0.2) is 39.0 Å². The Balaban J connectivity index is 1.31. The van der Waals surface area contributed by atoms with Crippen molar-refractivity contribution in [3.8, 4) is 11.5 Å². The number of nitrogens with zero attached hydrogens (tertiary/aromatic N) is 4. The van der Waals surface area contributed by atoms with E-state index in [9.17, 15) is 18.4 Å². The van der Waals surface area contributed by atoms with E-state index in [0.29, 0.717) is 33.8 Å². The minimum Gasteiger partial charge on any atom is -0.456 e. The third-order valence-electron chi connectivity index (χ3n) is 6.58. The average molecular weight is 534 g/mol. The largest absolute Gasteiger partial charge is 0.456 e. The number of hydrogen-bond acceptors (Lipinski definition) is 5. The van der Waals surface area contributed by atoms with Crippen LogP contribution in [-0.2, 0) is 21.5 Å². The molecule has 4 aromatic rings. The van der Waals surface area contributed by atoms with Crippen molar-refractivity contribution >= 4 is 34.1 Å². The number of rotatable bonds is 6. The lowest BCUT2D eigenvalue weighted by atomic mass is 10.1. The van der Waals surface area contributed by atoms with Crippen molar-refractivity contribution in [1.29, 1.82) is 0 Å². The van der Waals surface area contributed by atoms with Gasteiger partial charge in [-0.05, 0) is 69.2 Å². The molecule has 1 N–H and O–H groups in total. The molecule has 1 fully saturated rings. The third kappa shape index (κ3) is 5.45. The molecule has 2 amide bonds. The van der Waals surface area contributed by atoms with Gasteiger partial charge in [-0.25, -0.2) is 0 Å². The van der Waals surface area contributed by atoms with Gasteiger partial charge >= 0.3 is 5.92 Å². The van der Waals surface area contributed by atoms with Gasteiger partial charge in [-0.15, -0.1) is 0 Å². The molecular weight excluding hydrogens is 504 g/mol. The maximum absolute atomic E-state index is 13.8. The van der Waals surface area contributed by atoms with Gasteiger partial charge in [0, 0.05) is 36.4 Å². The molecule has 1 saturated heterocycles. The normalized spacial score (nSPS) is 15.1. The predicted molar refractivity (Wildman–Crippen MR) is 144 cm³/mol. The molecule has 0 saturated carbocycles. The van der Waals surface area contributed by atoms with Crippen LogP contribution in [0.25, 0.3) is 10.9 Å². The third-order valence-corrected chi connectivity index (χ3v) is 6.58. The van der Waals surface area contributed by atoms with Crippen molar-refractivity contribution < 1.29 is 23.1 Å². The van der Waals surface area contributed by atoms with Crippen LogP contribution in [0.4, 0.5) is 20.2 Å². The van der Waals surface area contributed by atoms with Crippen LogP contribution in [0.1, 0.15) is 38.3 Å². The molecule has 1 aliphatic rings. The molecule has 2 aromatic heterocycles. The fourth-order valence-corrected chi connectivity index (χ4v) is 4.47. The van der Waals surface area contributed by atoms with Gasteiger partial charge < -0.3 is 15.0 Å². The number of benzene rings is 2. The molecule has 0 unspecified atom stereocenters. The Hall–Kier alpha value is -4.34. The second-order valence-electron chi connectivity index (χ2n) is 10.7. The number of fused-ring (bicyclic) bond motifs is 1. The lowest BCUT2D eigenvalue weighted by Gasteiger charge is -2.18. The monoisotopic (exact) mass is 533 g/mol. The molecular formula is C29H29F2N5O3. The van der Waals surface area contributed by atoms with Crippen LogP contribution in [0.2, 0.25) is 0 Å². The van der Waals surface area contributed by atoms with Crippen molar-refractivity contribution in [2.75, 3.05) is 16.8 Å². The summed E-state index contributed by atoms with van der Waals surface area (Å²) in [6, 6.07) is 12.1. The highest BCUT2D eigenvalue weighted by atomic mass is 19.3. The van der Waals surface area contributed by atoms with E-state index >= 15 is 0 Å². The van der Waals surface area contributed by atoms with E-state index in [-0.39, 0.29) is 24.4 Å². The van der Waals surface area contributed by atoms with Gasteiger partial charge in [0.05, 0.1) is 29.4 Å². The van der Waals surface area contributed by atoms with Gasteiger partial charge in [0.2, 0.25) is 5.91 Å². The van der Waals surface area contributed by atoms with Gasteiger partial charge in [0.1, 0.15) is 11.5 Å². The highest BCUT2D eigenvalue weighted by molar-refractivity contribution is 6.02. The van der Waals surface area contributed by atoms with E-state index in [2.05, 4.69) is 15.4 Å². The number of aromatic nitrogens is 3. The molecule has 1 aliphatic heterocycles. The Bertz CT molecular complexity index is 1570. The number of amides is 2. The molecule has 0 atom stereocenters. The van der Waals surface area contributed by atoms with Gasteiger partial charge in [-0.1, -0.05) is 12.1 Å². The van der Waals surface area contributed by atoms with Crippen LogP contribution < -0.4 is 15.0 Å². The summed E-state index contributed by atoms with van der Waals surface area (Å²) in [6.45, 7) is 7.91. The van der Waals surface area contributed by atoms with Crippen LogP contribution >= 0.6 is 0 Å². The number of carbonyl (C=O) groups excluding carboxylic acids is 2. The van der Waals surface area contributed by atoms with Crippen LogP contribution in [0.5, 0.6) is 11.5 Å². The second-order valence-corrected chi connectivity index (χ2v) is 10.7. The van der Waals surface area contributed by atoms with Crippen molar-refractivity contribution in [2.45, 2.75) is 52.0 Å². The number of aryl methyl sites for hydroxylation is 1. The standard InChI is InChI=1S/C29H29F2N5O3/c1-18-13-19(14-26(37)34-20-16-33-36(17-20)28(2,3)4)5-8-24(18)39-25-9-11-32-23-7-6-21(15-22(23)25)35-12-10-29(30,31)27(35)38/h5-9,11,13,15-17H,10,12,14H2,1-4H3,(H,34,37). The second kappa shape index (κ2) is 9.76. The van der Waals surface area contributed by atoms with Crippen molar-refractivity contribution in [1.82, 2.24) is 14.8 Å². The molecule has 202 valence electrons. The van der Waals surface area contributed by atoms with Crippen molar-refractivity contribution in [3.05, 3.63) is 72.2 Å². The number of ether oxygens (including phenoxy) is 1. The Morgan fingerprint density at radius 3 is 2.59 bits per heavy atom. The maximum Gasteiger partial charge on any atom is 0.326 e. The Kier molecular flexibility index (Phi) is 6.57. The molecule has 5 rings (SSSR count). The van der Waals surface area contributed by atoms with Gasteiger partial charge in [0.25, 0.3) is 5.91 Å². The van der Waals surface area contributed by atoms with E-state index in [1.807, 2.05) is 39.8 Å². The number of anilines is 2. The quantitative estimate of drug-likeness (QED) is 0.336. The lowest BCUT2D eigenvalue weighted by molar-refractivity contribution is -0.137. The number of pyridine rings is 1. The smallest absolute Gasteiger partial charge is 0.326 e. The number of hydrogen-bond donors (Lipinski definition) is 1. The van der Waals surface area contributed by atoms with E-state index < -0.39 is 18.3 Å². The molecule has 0 spiro atoms. The number of nitrogens with one attached hydrogen (secondary N) is 1. The fraction of sp³-hybridized carbons (Fsp3) is 0.310. The lowest BCUT2D eigenvalue weighted by Crippen LogP contribution is -2.33. The van der Waals surface area contributed by atoms with Crippen LogP contribution in [0.3, 0.4) is 0 Å². The molecule has 10 heteroatoms. The Labute approximate surface area is 224 Å². The van der Waals surface area contributed by atoms with E-state index in [1.54, 1.807) is 53.6 Å². The predicted octanol–water partition coefficient (Wildman–Crippen LogP) is 5.84. The topological polar surface area (TPSA) is 89.3 Å². The Morgan fingerprint density at radius 1 is 1.13 bits per heavy atom. The zero-order valence-corrected chi connectivity index (χ0v) is 22.2. The first-order valence-corrected chi connectivity index (χ1v) is 12.6. The average Bonchev–Trinajstić information content (AvgIpc) is 3.45. The zero-order valence-electron chi connectivity index (χ0n) is 22.2. The number of alkyl halides is 2. The zero-order chi connectivity index (χ0) is 27.9. The molecule has 3 heterocycles. The highest BCUT2D eigenvalue weighted by Gasteiger charge is 2.48. The summed E-state index contributed by atoms with van der Waals surface area (Å²) in [5.41, 5.74) is 3.06. The van der Waals surface area contributed by atoms with E-state index in [1.165, 1.54) is 0 Å². The summed E-state index contributed by atoms with van der Waals surface area (Å²) in [4.78, 5) is 30.2. The SMILES string of the molecule is Cc1cc(CC(=O)Nc2cnn(C(C)(C)C)c2)ccc1Oc1ccnc2ccc(N3CCC(F)(F)C3=O)cc12. The fourth-order valence-electron chi connectivity index (χ4n) is 4.47. The summed E-state index contributed by atoms with van der Waals surface area (Å²) >= 11 is 0. The molecule has 0 aliphatic carbocycles. The van der Waals surface area contributed by atoms with Gasteiger partial charge in [-0.3, -0.25) is 19.3 Å². The molecule has 8 nitrogen and oxygen atoms in total. The van der Waals surface area contributed by atoms with E-state index in [4.69, 9.17) is 4.74 Å². The summed E-state index contributed by atoms with van der Waals surface area (Å²) in [7, 11) is 0.